The summed E-state index contributed by atoms with van der Waals surface area (Å²) < 4.78 is 0. The van der Waals surface area contributed by atoms with Crippen LogP contribution in [0.5, 0.6) is 0 Å². The molecule has 0 aliphatic carbocycles. The van der Waals surface area contributed by atoms with E-state index in [4.69, 9.17) is 5.73 Å². The van der Waals surface area contributed by atoms with Crippen LogP contribution in [0.3, 0.4) is 0 Å². The highest BCUT2D eigenvalue weighted by atomic mass is 16.2. The van der Waals surface area contributed by atoms with E-state index in [1.54, 1.807) is 0 Å². The van der Waals surface area contributed by atoms with Crippen LogP contribution in [0.4, 0.5) is 0 Å². The number of benzene rings is 1. The van der Waals surface area contributed by atoms with E-state index in [2.05, 4.69) is 15.5 Å². The Morgan fingerprint density at radius 1 is 1.24 bits per heavy atom. The van der Waals surface area contributed by atoms with Gasteiger partial charge in [0.05, 0.1) is 12.6 Å². The average Bonchev–Trinajstić information content (AvgIpc) is 2.62. The van der Waals surface area contributed by atoms with Crippen molar-refractivity contribution in [2.75, 3.05) is 26.2 Å². The molecule has 0 spiro atoms. The number of nitrogens with one attached hydrogen (secondary N) is 2. The second-order valence-corrected chi connectivity index (χ2v) is 6.71. The van der Waals surface area contributed by atoms with Crippen molar-refractivity contribution in [1.29, 1.82) is 0 Å². The largest absolute Gasteiger partial charge is 0.355 e. The van der Waals surface area contributed by atoms with Gasteiger partial charge in [0.1, 0.15) is 0 Å². The molecule has 1 aliphatic rings. The van der Waals surface area contributed by atoms with Crippen LogP contribution in [0.15, 0.2) is 30.3 Å². The molecule has 1 fully saturated rings. The Labute approximate surface area is 150 Å². The molecule has 0 saturated carbocycles. The zero-order valence-electron chi connectivity index (χ0n) is 15.0. The summed E-state index contributed by atoms with van der Waals surface area (Å²) in [7, 11) is 0. The molecule has 0 aromatic heterocycles. The van der Waals surface area contributed by atoms with E-state index in [9.17, 15) is 9.59 Å². The van der Waals surface area contributed by atoms with E-state index in [0.717, 1.165) is 44.5 Å². The van der Waals surface area contributed by atoms with Crippen LogP contribution in [0, 0.1) is 0 Å². The van der Waals surface area contributed by atoms with Crippen molar-refractivity contribution in [2.24, 2.45) is 5.73 Å². The summed E-state index contributed by atoms with van der Waals surface area (Å²) in [5.41, 5.74) is 7.10. The summed E-state index contributed by atoms with van der Waals surface area (Å²) >= 11 is 0. The minimum Gasteiger partial charge on any atom is -0.355 e. The minimum atomic E-state index is -0.528. The molecule has 1 atom stereocenters. The highest BCUT2D eigenvalue weighted by molar-refractivity contribution is 5.82. The number of carbonyl (C=O) groups excluding carboxylic acids is 2. The second-order valence-electron chi connectivity index (χ2n) is 6.71. The van der Waals surface area contributed by atoms with Crippen molar-refractivity contribution in [3.63, 3.8) is 0 Å². The number of likely N-dealkylation sites (tertiary alicyclic amines) is 1. The second kappa shape index (κ2) is 10.2. The number of amides is 2. The van der Waals surface area contributed by atoms with Gasteiger partial charge in [0.2, 0.25) is 11.8 Å². The van der Waals surface area contributed by atoms with Gasteiger partial charge in [-0.3, -0.25) is 14.5 Å². The van der Waals surface area contributed by atoms with Crippen molar-refractivity contribution >= 4 is 11.8 Å². The zero-order valence-corrected chi connectivity index (χ0v) is 15.0. The van der Waals surface area contributed by atoms with Gasteiger partial charge >= 0.3 is 0 Å². The van der Waals surface area contributed by atoms with Crippen LogP contribution in [0.25, 0.3) is 0 Å². The Bertz CT molecular complexity index is 542. The fraction of sp³-hybridized carbons (Fsp3) is 0.579. The molecule has 6 heteroatoms. The van der Waals surface area contributed by atoms with Crippen LogP contribution in [-0.4, -0.2) is 55.0 Å². The van der Waals surface area contributed by atoms with E-state index in [1.165, 1.54) is 0 Å². The molecular weight excluding hydrogens is 316 g/mol. The van der Waals surface area contributed by atoms with Crippen molar-refractivity contribution in [3.05, 3.63) is 35.9 Å². The van der Waals surface area contributed by atoms with Gasteiger partial charge in [-0.1, -0.05) is 37.3 Å². The van der Waals surface area contributed by atoms with Crippen molar-refractivity contribution in [2.45, 2.75) is 44.7 Å². The first kappa shape index (κ1) is 19.4. The maximum absolute atomic E-state index is 12.3. The summed E-state index contributed by atoms with van der Waals surface area (Å²) in [4.78, 5) is 26.2. The molecule has 1 aromatic rings. The fourth-order valence-electron chi connectivity index (χ4n) is 3.03. The normalized spacial score (nSPS) is 17.0. The Kier molecular flexibility index (Phi) is 7.88. The fourth-order valence-corrected chi connectivity index (χ4v) is 3.03. The summed E-state index contributed by atoms with van der Waals surface area (Å²) in [5.74, 6) is -0.0165. The lowest BCUT2D eigenvalue weighted by molar-refractivity contribution is -0.124. The van der Waals surface area contributed by atoms with E-state index in [-0.39, 0.29) is 17.9 Å². The maximum atomic E-state index is 12.3. The van der Waals surface area contributed by atoms with Crippen LogP contribution >= 0.6 is 0 Å². The molecule has 138 valence electrons. The third-order valence-electron chi connectivity index (χ3n) is 4.51. The monoisotopic (exact) mass is 346 g/mol. The average molecular weight is 346 g/mol. The molecule has 1 saturated heterocycles. The molecule has 2 amide bonds. The van der Waals surface area contributed by atoms with Gasteiger partial charge in [-0.05, 0) is 31.2 Å². The molecule has 1 aliphatic heterocycles. The molecule has 1 aromatic carbocycles. The minimum absolute atomic E-state index is 0.0780. The summed E-state index contributed by atoms with van der Waals surface area (Å²) in [6.07, 6.45) is 3.20. The molecule has 0 unspecified atom stereocenters. The van der Waals surface area contributed by atoms with E-state index < -0.39 is 6.04 Å². The molecule has 4 N–H and O–H groups in total. The van der Waals surface area contributed by atoms with Gasteiger partial charge in [-0.25, -0.2) is 0 Å². The van der Waals surface area contributed by atoms with Crippen molar-refractivity contribution in [3.8, 4) is 0 Å². The number of nitrogens with zero attached hydrogens (tertiary/aromatic N) is 1. The SMILES string of the molecule is CCCNC(=O)CN1CCC(NC(=O)[C@H](N)Cc2ccccc2)CC1. The molecular formula is C19H30N4O2. The predicted octanol–water partition coefficient (Wildman–Crippen LogP) is 0.663. The zero-order chi connectivity index (χ0) is 18.1. The highest BCUT2D eigenvalue weighted by Gasteiger charge is 2.24. The number of rotatable bonds is 8. The maximum Gasteiger partial charge on any atom is 0.237 e. The number of hydrogen-bond acceptors (Lipinski definition) is 4. The number of nitrogens with two attached hydrogens (primary N) is 1. The Morgan fingerprint density at radius 3 is 2.56 bits per heavy atom. The third-order valence-corrected chi connectivity index (χ3v) is 4.51. The molecule has 0 bridgehead atoms. The first-order valence-corrected chi connectivity index (χ1v) is 9.17. The lowest BCUT2D eigenvalue weighted by Gasteiger charge is -2.32. The van der Waals surface area contributed by atoms with E-state index in [1.807, 2.05) is 37.3 Å². The number of carbonyl (C=O) groups is 2. The van der Waals surface area contributed by atoms with Gasteiger partial charge in [0, 0.05) is 25.7 Å². The molecule has 6 nitrogen and oxygen atoms in total. The topological polar surface area (TPSA) is 87.5 Å². The Morgan fingerprint density at radius 2 is 1.92 bits per heavy atom. The van der Waals surface area contributed by atoms with Gasteiger partial charge in [0.25, 0.3) is 0 Å². The number of hydrogen-bond donors (Lipinski definition) is 3. The summed E-state index contributed by atoms with van der Waals surface area (Å²) in [6.45, 7) is 4.84. The van der Waals surface area contributed by atoms with E-state index in [0.29, 0.717) is 13.0 Å². The first-order valence-electron chi connectivity index (χ1n) is 9.17. The summed E-state index contributed by atoms with van der Waals surface area (Å²) in [5, 5.41) is 5.95. The van der Waals surface area contributed by atoms with Gasteiger partial charge < -0.3 is 16.4 Å². The van der Waals surface area contributed by atoms with Crippen LogP contribution < -0.4 is 16.4 Å². The van der Waals surface area contributed by atoms with Gasteiger partial charge in [-0.2, -0.15) is 0 Å². The molecule has 2 rings (SSSR count). The van der Waals surface area contributed by atoms with Crippen LogP contribution in [0.2, 0.25) is 0 Å². The van der Waals surface area contributed by atoms with Crippen LogP contribution in [-0.2, 0) is 16.0 Å². The number of piperidine rings is 1. The van der Waals surface area contributed by atoms with Crippen molar-refractivity contribution in [1.82, 2.24) is 15.5 Å². The quantitative estimate of drug-likeness (QED) is 0.645. The standard InChI is InChI=1S/C19H30N4O2/c1-2-10-21-18(24)14-23-11-8-16(9-12-23)22-19(25)17(20)13-15-6-4-3-5-7-15/h3-7,16-17H,2,8-14,20H2,1H3,(H,21,24)(H,22,25)/t17-/m1/s1. The first-order chi connectivity index (χ1) is 12.1. The van der Waals surface area contributed by atoms with E-state index >= 15 is 0 Å². The predicted molar refractivity (Wildman–Crippen MR) is 99.0 cm³/mol. The lowest BCUT2D eigenvalue weighted by Crippen LogP contribution is -2.51. The van der Waals surface area contributed by atoms with Crippen molar-refractivity contribution < 1.29 is 9.59 Å². The van der Waals surface area contributed by atoms with Gasteiger partial charge in [-0.15, -0.1) is 0 Å². The Balaban J connectivity index is 1.68. The lowest BCUT2D eigenvalue weighted by atomic mass is 10.0. The van der Waals surface area contributed by atoms with Gasteiger partial charge in [0.15, 0.2) is 0 Å². The molecule has 1 heterocycles. The molecule has 0 radical (unpaired) electrons. The van der Waals surface area contributed by atoms with Crippen LogP contribution in [0.1, 0.15) is 31.7 Å². The summed E-state index contributed by atoms with van der Waals surface area (Å²) in [6, 6.07) is 9.43. The third kappa shape index (κ3) is 6.84. The highest BCUT2D eigenvalue weighted by Crippen LogP contribution is 2.10. The molecule has 25 heavy (non-hydrogen) atoms. The smallest absolute Gasteiger partial charge is 0.237 e. The Hall–Kier alpha value is -1.92.